The minimum absolute atomic E-state index is 0.0361. The Balaban J connectivity index is 1.42. The first-order chi connectivity index (χ1) is 14.8. The van der Waals surface area contributed by atoms with Crippen LogP contribution < -0.4 is 5.32 Å². The van der Waals surface area contributed by atoms with Gasteiger partial charge in [-0.3, -0.25) is 4.79 Å². The molecule has 1 amide bonds. The molecule has 4 nitrogen and oxygen atoms in total. The van der Waals surface area contributed by atoms with Gasteiger partial charge in [0.15, 0.2) is 5.69 Å². The lowest BCUT2D eigenvalue weighted by Gasteiger charge is -2.38. The lowest BCUT2D eigenvalue weighted by atomic mass is 9.67. The van der Waals surface area contributed by atoms with Crippen LogP contribution in [0, 0.1) is 11.8 Å². The Labute approximate surface area is 177 Å². The summed E-state index contributed by atoms with van der Waals surface area (Å²) in [5.41, 5.74) is 5.40. The van der Waals surface area contributed by atoms with Gasteiger partial charge in [0.25, 0.3) is 5.91 Å². The van der Waals surface area contributed by atoms with Crippen LogP contribution in [0.5, 0.6) is 0 Å². The van der Waals surface area contributed by atoms with E-state index in [1.54, 1.807) is 0 Å². The molecule has 7 rings (SSSR count). The third-order valence-electron chi connectivity index (χ3n) is 7.40. The van der Waals surface area contributed by atoms with Crippen molar-refractivity contribution in [3.63, 3.8) is 0 Å². The van der Waals surface area contributed by atoms with E-state index in [4.69, 9.17) is 5.10 Å². The number of hydrogen-bond acceptors (Lipinski definition) is 2. The summed E-state index contributed by atoms with van der Waals surface area (Å²) in [6, 6.07) is 20.5. The van der Waals surface area contributed by atoms with E-state index < -0.39 is 0 Å². The van der Waals surface area contributed by atoms with E-state index in [0.29, 0.717) is 24.1 Å². The van der Waals surface area contributed by atoms with Crippen molar-refractivity contribution in [3.8, 4) is 5.69 Å². The third-order valence-corrected chi connectivity index (χ3v) is 7.40. The molecular weight excluding hydrogens is 370 g/mol. The molecule has 1 heterocycles. The molecule has 1 aromatic heterocycles. The van der Waals surface area contributed by atoms with Crippen molar-refractivity contribution in [3.05, 3.63) is 83.2 Å². The van der Waals surface area contributed by atoms with Crippen LogP contribution in [0.15, 0.2) is 60.7 Å². The van der Waals surface area contributed by atoms with E-state index in [9.17, 15) is 4.79 Å². The van der Waals surface area contributed by atoms with Crippen molar-refractivity contribution in [2.24, 2.45) is 11.8 Å². The molecule has 1 N–H and O–H groups in total. The highest BCUT2D eigenvalue weighted by atomic mass is 16.1. The van der Waals surface area contributed by atoms with Gasteiger partial charge >= 0.3 is 0 Å². The summed E-state index contributed by atoms with van der Waals surface area (Å²) in [5.74, 6) is 2.59. The quantitative estimate of drug-likeness (QED) is 0.658. The number of amides is 1. The van der Waals surface area contributed by atoms with Gasteiger partial charge < -0.3 is 5.32 Å². The second-order valence-corrected chi connectivity index (χ2v) is 9.37. The Hall–Kier alpha value is -2.88. The largest absolute Gasteiger partial charge is 0.347 e. The number of benzene rings is 2. The molecule has 2 atom stereocenters. The van der Waals surface area contributed by atoms with Crippen molar-refractivity contribution in [1.29, 1.82) is 0 Å². The van der Waals surface area contributed by atoms with Gasteiger partial charge in [0, 0.05) is 18.0 Å². The number of aromatic nitrogens is 2. The molecule has 0 spiro atoms. The first kappa shape index (κ1) is 17.9. The Morgan fingerprint density at radius 3 is 2.20 bits per heavy atom. The van der Waals surface area contributed by atoms with E-state index in [1.807, 2.05) is 36.4 Å². The number of rotatable bonds is 4. The molecular formula is C26H27N3O. The molecule has 2 saturated carbocycles. The van der Waals surface area contributed by atoms with Crippen LogP contribution in [0.25, 0.3) is 5.69 Å². The van der Waals surface area contributed by atoms with Crippen LogP contribution in [0.4, 0.5) is 0 Å². The highest BCUT2D eigenvalue weighted by molar-refractivity contribution is 5.94. The fourth-order valence-corrected chi connectivity index (χ4v) is 6.34. The van der Waals surface area contributed by atoms with Gasteiger partial charge in [-0.05, 0) is 67.6 Å². The molecule has 2 unspecified atom stereocenters. The minimum Gasteiger partial charge on any atom is -0.347 e. The average Bonchev–Trinajstić information content (AvgIpc) is 3.10. The Bertz CT molecular complexity index is 1060. The lowest BCUT2D eigenvalue weighted by molar-refractivity contribution is 0.0942. The monoisotopic (exact) mass is 397 g/mol. The summed E-state index contributed by atoms with van der Waals surface area (Å²) < 4.78 is 2.10. The van der Waals surface area contributed by atoms with Gasteiger partial charge in [-0.25, -0.2) is 4.68 Å². The van der Waals surface area contributed by atoms with Gasteiger partial charge in [0.05, 0.1) is 11.4 Å². The van der Waals surface area contributed by atoms with Crippen LogP contribution in [0.3, 0.4) is 0 Å². The average molecular weight is 398 g/mol. The zero-order valence-electron chi connectivity index (χ0n) is 17.1. The first-order valence-electron chi connectivity index (χ1n) is 11.3. The second-order valence-electron chi connectivity index (χ2n) is 9.37. The van der Waals surface area contributed by atoms with Crippen molar-refractivity contribution < 1.29 is 4.79 Å². The van der Waals surface area contributed by atoms with E-state index in [2.05, 4.69) is 34.3 Å². The number of nitrogens with one attached hydrogen (secondary N) is 1. The molecule has 0 radical (unpaired) electrons. The first-order valence-corrected chi connectivity index (χ1v) is 11.3. The number of carbonyl (C=O) groups is 1. The van der Waals surface area contributed by atoms with Crippen molar-refractivity contribution in [1.82, 2.24) is 15.1 Å². The molecule has 2 aromatic carbocycles. The predicted octanol–water partition coefficient (Wildman–Crippen LogP) is 5.19. The fraction of sp³-hybridized carbons (Fsp3) is 0.385. The van der Waals surface area contributed by atoms with Crippen molar-refractivity contribution in [2.75, 3.05) is 0 Å². The maximum Gasteiger partial charge on any atom is 0.272 e. The standard InChI is InChI=1S/C26H27N3O/c30-26(27-16-17-7-3-1-4-8-17)24-23-20-12-18-11-19(13-20)15-21(14-18)25(23)29(28-24)22-9-5-2-6-10-22/h1-10,18-21H,11-16H2,(H,27,30). The van der Waals surface area contributed by atoms with E-state index in [1.165, 1.54) is 43.4 Å². The van der Waals surface area contributed by atoms with Gasteiger partial charge in [0.2, 0.25) is 0 Å². The highest BCUT2D eigenvalue weighted by Crippen LogP contribution is 2.57. The Morgan fingerprint density at radius 1 is 0.867 bits per heavy atom. The van der Waals surface area contributed by atoms with Gasteiger partial charge in [-0.15, -0.1) is 0 Å². The van der Waals surface area contributed by atoms with Crippen LogP contribution in [-0.2, 0) is 6.54 Å². The van der Waals surface area contributed by atoms with Crippen LogP contribution in [0.1, 0.15) is 71.2 Å². The number of carbonyl (C=O) groups excluding carboxylic acids is 1. The molecule has 4 bridgehead atoms. The lowest BCUT2D eigenvalue weighted by Crippen LogP contribution is -2.28. The smallest absolute Gasteiger partial charge is 0.272 e. The molecule has 4 aliphatic rings. The zero-order valence-corrected chi connectivity index (χ0v) is 17.1. The molecule has 0 saturated heterocycles. The summed E-state index contributed by atoms with van der Waals surface area (Å²) in [7, 11) is 0. The van der Waals surface area contributed by atoms with Crippen molar-refractivity contribution >= 4 is 5.91 Å². The molecule has 4 heteroatoms. The number of nitrogens with zero attached hydrogens (tertiary/aromatic N) is 2. The maximum atomic E-state index is 13.3. The van der Waals surface area contributed by atoms with E-state index >= 15 is 0 Å². The molecule has 0 aliphatic heterocycles. The zero-order chi connectivity index (χ0) is 20.1. The van der Waals surface area contributed by atoms with E-state index in [0.717, 1.165) is 23.1 Å². The van der Waals surface area contributed by atoms with Gasteiger partial charge in [-0.1, -0.05) is 48.5 Å². The highest BCUT2D eigenvalue weighted by Gasteiger charge is 2.46. The summed E-state index contributed by atoms with van der Waals surface area (Å²) in [5, 5.41) is 8.08. The predicted molar refractivity (Wildman–Crippen MR) is 117 cm³/mol. The van der Waals surface area contributed by atoms with Gasteiger partial charge in [-0.2, -0.15) is 5.10 Å². The summed E-state index contributed by atoms with van der Waals surface area (Å²) in [4.78, 5) is 13.3. The number of hydrogen-bond donors (Lipinski definition) is 1. The molecule has 30 heavy (non-hydrogen) atoms. The molecule has 152 valence electrons. The Kier molecular flexibility index (Phi) is 4.26. The maximum absolute atomic E-state index is 13.3. The SMILES string of the molecule is O=C(NCc1ccccc1)c1nn(-c2ccccc2)c2c1C1CC3CC(C1)CC2C3. The van der Waals surface area contributed by atoms with Crippen LogP contribution >= 0.6 is 0 Å². The van der Waals surface area contributed by atoms with Crippen molar-refractivity contribution in [2.45, 2.75) is 50.5 Å². The summed E-state index contributed by atoms with van der Waals surface area (Å²) in [6.45, 7) is 0.534. The molecule has 4 aliphatic carbocycles. The fourth-order valence-electron chi connectivity index (χ4n) is 6.34. The summed E-state index contributed by atoms with van der Waals surface area (Å²) >= 11 is 0. The normalized spacial score (nSPS) is 26.3. The van der Waals surface area contributed by atoms with Crippen LogP contribution in [-0.4, -0.2) is 15.7 Å². The molecule has 2 fully saturated rings. The Morgan fingerprint density at radius 2 is 1.50 bits per heavy atom. The molecule has 3 aromatic rings. The third kappa shape index (κ3) is 2.97. The van der Waals surface area contributed by atoms with Crippen LogP contribution in [0.2, 0.25) is 0 Å². The number of para-hydroxylation sites is 1. The summed E-state index contributed by atoms with van der Waals surface area (Å²) in [6.07, 6.45) is 6.33. The second kappa shape index (κ2) is 7.12. The van der Waals surface area contributed by atoms with E-state index in [-0.39, 0.29) is 5.91 Å². The minimum atomic E-state index is -0.0361. The topological polar surface area (TPSA) is 46.9 Å². The van der Waals surface area contributed by atoms with Gasteiger partial charge in [0.1, 0.15) is 0 Å².